The number of carbonyl (C=O) groups is 2. The molecule has 0 aromatic carbocycles. The summed E-state index contributed by atoms with van der Waals surface area (Å²) in [5, 5.41) is 19.3. The second-order valence-electron chi connectivity index (χ2n) is 5.93. The van der Waals surface area contributed by atoms with E-state index in [1.807, 2.05) is 0 Å². The predicted molar refractivity (Wildman–Crippen MR) is 75.8 cm³/mol. The van der Waals surface area contributed by atoms with Gasteiger partial charge in [-0.05, 0) is 25.2 Å². The molecule has 1 aliphatic carbocycles. The second-order valence-corrected chi connectivity index (χ2v) is 5.93. The van der Waals surface area contributed by atoms with Crippen LogP contribution >= 0.6 is 0 Å². The molecule has 0 aliphatic heterocycles. The lowest BCUT2D eigenvalue weighted by Crippen LogP contribution is -2.45. The number of nitrogens with zero attached hydrogens (tertiary/aromatic N) is 3. The number of carboxylic acids is 1. The van der Waals surface area contributed by atoms with Gasteiger partial charge in [0.25, 0.3) is 0 Å². The summed E-state index contributed by atoms with van der Waals surface area (Å²) in [7, 11) is 0. The third-order valence-corrected chi connectivity index (χ3v) is 4.53. The Labute approximate surface area is 123 Å². The van der Waals surface area contributed by atoms with Crippen LogP contribution < -0.4 is 5.32 Å². The maximum atomic E-state index is 12.1. The molecule has 1 aromatic heterocycles. The first-order chi connectivity index (χ1) is 9.90. The van der Waals surface area contributed by atoms with Crippen molar-refractivity contribution in [2.24, 2.45) is 11.8 Å². The van der Waals surface area contributed by atoms with E-state index in [0.717, 1.165) is 12.8 Å². The van der Waals surface area contributed by atoms with Gasteiger partial charge in [0.05, 0.1) is 5.69 Å². The Balaban J connectivity index is 1.97. The number of aromatic nitrogens is 3. The van der Waals surface area contributed by atoms with Crippen molar-refractivity contribution in [3.8, 4) is 0 Å². The molecule has 1 aliphatic rings. The van der Waals surface area contributed by atoms with E-state index in [4.69, 9.17) is 5.11 Å². The van der Waals surface area contributed by atoms with Crippen LogP contribution in [0.3, 0.4) is 0 Å². The predicted octanol–water partition coefficient (Wildman–Crippen LogP) is 1.23. The van der Waals surface area contributed by atoms with Gasteiger partial charge in [-0.15, -0.1) is 5.10 Å². The van der Waals surface area contributed by atoms with Gasteiger partial charge in [0.2, 0.25) is 5.91 Å². The summed E-state index contributed by atoms with van der Waals surface area (Å²) in [5.41, 5.74) is 0.283. The topological polar surface area (TPSA) is 97.1 Å². The standard InChI is InChI=1S/C14H22N4O3/c1-8-5-4-6-11(9(8)2)15-12(19)7-18-10(3)13(14(20)21)16-17-18/h8-9,11H,4-7H2,1-3H3,(H,15,19)(H,20,21). The van der Waals surface area contributed by atoms with Crippen molar-refractivity contribution in [3.05, 3.63) is 11.4 Å². The normalized spacial score (nSPS) is 25.6. The Morgan fingerprint density at radius 3 is 2.71 bits per heavy atom. The molecule has 0 bridgehead atoms. The number of carboxylic acid groups (broad SMARTS) is 1. The van der Waals surface area contributed by atoms with E-state index >= 15 is 0 Å². The van der Waals surface area contributed by atoms with Crippen molar-refractivity contribution in [3.63, 3.8) is 0 Å². The SMILES string of the molecule is Cc1c(C(=O)O)nnn1CC(=O)NC1CCCC(C)C1C. The maximum absolute atomic E-state index is 12.1. The molecule has 1 aromatic rings. The minimum absolute atomic E-state index is 0.00368. The van der Waals surface area contributed by atoms with Crippen LogP contribution in [0.5, 0.6) is 0 Å². The highest BCUT2D eigenvalue weighted by molar-refractivity contribution is 5.86. The van der Waals surface area contributed by atoms with E-state index in [2.05, 4.69) is 29.5 Å². The highest BCUT2D eigenvalue weighted by Gasteiger charge is 2.28. The molecule has 1 fully saturated rings. The third kappa shape index (κ3) is 3.40. The molecule has 1 saturated carbocycles. The zero-order valence-corrected chi connectivity index (χ0v) is 12.7. The molecule has 1 amide bonds. The van der Waals surface area contributed by atoms with Gasteiger partial charge in [0, 0.05) is 6.04 Å². The fraction of sp³-hybridized carbons (Fsp3) is 0.714. The van der Waals surface area contributed by atoms with Gasteiger partial charge in [0.15, 0.2) is 5.69 Å². The number of rotatable bonds is 4. The van der Waals surface area contributed by atoms with Gasteiger partial charge in [-0.3, -0.25) is 4.79 Å². The van der Waals surface area contributed by atoms with Crippen LogP contribution in [0.25, 0.3) is 0 Å². The van der Waals surface area contributed by atoms with Crippen molar-refractivity contribution >= 4 is 11.9 Å². The number of amides is 1. The van der Waals surface area contributed by atoms with Gasteiger partial charge >= 0.3 is 5.97 Å². The Morgan fingerprint density at radius 2 is 2.10 bits per heavy atom. The third-order valence-electron chi connectivity index (χ3n) is 4.53. The zero-order chi connectivity index (χ0) is 15.6. The number of hydrogen-bond donors (Lipinski definition) is 2. The van der Waals surface area contributed by atoms with Crippen molar-refractivity contribution in [2.45, 2.75) is 52.6 Å². The summed E-state index contributed by atoms with van der Waals surface area (Å²) in [4.78, 5) is 23.0. The molecule has 7 nitrogen and oxygen atoms in total. The Hall–Kier alpha value is -1.92. The van der Waals surface area contributed by atoms with E-state index in [-0.39, 0.29) is 24.2 Å². The van der Waals surface area contributed by atoms with Crippen LogP contribution in [0.1, 0.15) is 49.3 Å². The average Bonchev–Trinajstić information content (AvgIpc) is 2.77. The van der Waals surface area contributed by atoms with Crippen LogP contribution in [0, 0.1) is 18.8 Å². The van der Waals surface area contributed by atoms with Crippen LogP contribution in [0.15, 0.2) is 0 Å². The second kappa shape index (κ2) is 6.24. The molecule has 3 unspecified atom stereocenters. The first-order valence-corrected chi connectivity index (χ1v) is 7.33. The number of aromatic carboxylic acids is 1. The molecule has 2 rings (SSSR count). The molecular weight excluding hydrogens is 272 g/mol. The van der Waals surface area contributed by atoms with E-state index < -0.39 is 5.97 Å². The lowest BCUT2D eigenvalue weighted by Gasteiger charge is -2.34. The summed E-state index contributed by atoms with van der Waals surface area (Å²) >= 11 is 0. The van der Waals surface area contributed by atoms with Gasteiger partial charge in [-0.25, -0.2) is 9.48 Å². The molecule has 0 radical (unpaired) electrons. The average molecular weight is 294 g/mol. The highest BCUT2D eigenvalue weighted by atomic mass is 16.4. The minimum atomic E-state index is -1.13. The Kier molecular flexibility index (Phi) is 4.59. The van der Waals surface area contributed by atoms with Crippen molar-refractivity contribution in [1.29, 1.82) is 0 Å². The molecule has 116 valence electrons. The number of hydrogen-bond acceptors (Lipinski definition) is 4. The van der Waals surface area contributed by atoms with Crippen LogP contribution in [-0.4, -0.2) is 38.0 Å². The number of carbonyl (C=O) groups excluding carboxylic acids is 1. The molecule has 2 N–H and O–H groups in total. The van der Waals surface area contributed by atoms with Crippen molar-refractivity contribution in [2.75, 3.05) is 0 Å². The van der Waals surface area contributed by atoms with E-state index in [0.29, 0.717) is 17.5 Å². The number of nitrogens with one attached hydrogen (secondary N) is 1. The molecular formula is C14H22N4O3. The summed E-state index contributed by atoms with van der Waals surface area (Å²) in [5.74, 6) is -0.218. The molecule has 21 heavy (non-hydrogen) atoms. The Bertz CT molecular complexity index is 540. The smallest absolute Gasteiger partial charge is 0.358 e. The first kappa shape index (κ1) is 15.5. The van der Waals surface area contributed by atoms with Gasteiger partial charge < -0.3 is 10.4 Å². The molecule has 1 heterocycles. The summed E-state index contributed by atoms with van der Waals surface area (Å²) in [6.07, 6.45) is 3.33. The zero-order valence-electron chi connectivity index (χ0n) is 12.7. The van der Waals surface area contributed by atoms with Crippen molar-refractivity contribution < 1.29 is 14.7 Å². The fourth-order valence-electron chi connectivity index (χ4n) is 2.88. The fourth-order valence-corrected chi connectivity index (χ4v) is 2.88. The van der Waals surface area contributed by atoms with E-state index in [9.17, 15) is 9.59 Å². The summed E-state index contributed by atoms with van der Waals surface area (Å²) in [6.45, 7) is 5.98. The summed E-state index contributed by atoms with van der Waals surface area (Å²) < 4.78 is 1.33. The highest BCUT2D eigenvalue weighted by Crippen LogP contribution is 2.29. The molecule has 7 heteroatoms. The molecule has 3 atom stereocenters. The van der Waals surface area contributed by atoms with Gasteiger partial charge in [-0.1, -0.05) is 31.9 Å². The lowest BCUT2D eigenvalue weighted by atomic mass is 9.78. The molecule has 0 saturated heterocycles. The molecule has 0 spiro atoms. The van der Waals surface area contributed by atoms with Crippen LogP contribution in [0.2, 0.25) is 0 Å². The Morgan fingerprint density at radius 1 is 1.38 bits per heavy atom. The largest absolute Gasteiger partial charge is 0.476 e. The first-order valence-electron chi connectivity index (χ1n) is 7.33. The van der Waals surface area contributed by atoms with Gasteiger partial charge in [-0.2, -0.15) is 0 Å². The monoisotopic (exact) mass is 294 g/mol. The lowest BCUT2D eigenvalue weighted by molar-refractivity contribution is -0.123. The van der Waals surface area contributed by atoms with E-state index in [1.54, 1.807) is 6.92 Å². The van der Waals surface area contributed by atoms with E-state index in [1.165, 1.54) is 11.1 Å². The van der Waals surface area contributed by atoms with Crippen LogP contribution in [-0.2, 0) is 11.3 Å². The minimum Gasteiger partial charge on any atom is -0.476 e. The van der Waals surface area contributed by atoms with Crippen molar-refractivity contribution in [1.82, 2.24) is 20.3 Å². The van der Waals surface area contributed by atoms with Gasteiger partial charge in [0.1, 0.15) is 6.54 Å². The quantitative estimate of drug-likeness (QED) is 0.870. The maximum Gasteiger partial charge on any atom is 0.358 e. The summed E-state index contributed by atoms with van der Waals surface area (Å²) in [6, 6.07) is 0.184. The van der Waals surface area contributed by atoms with Crippen LogP contribution in [0.4, 0.5) is 0 Å².